The molecule has 0 aliphatic carbocycles. The highest BCUT2D eigenvalue weighted by atomic mass is 32.2. The Kier molecular flexibility index (Phi) is 5.70. The lowest BCUT2D eigenvalue weighted by Crippen LogP contribution is -2.06. The van der Waals surface area contributed by atoms with Crippen LogP contribution in [0, 0.1) is 0 Å². The number of thioether (sulfide) groups is 1. The van der Waals surface area contributed by atoms with Gasteiger partial charge in [0.05, 0.1) is 11.0 Å². The van der Waals surface area contributed by atoms with E-state index in [0.717, 1.165) is 12.0 Å². The number of hydrogen-bond donors (Lipinski definition) is 4. The first-order valence-electron chi connectivity index (χ1n) is 6.46. The average molecular weight is 340 g/mol. The Morgan fingerprint density at radius 2 is 1.45 bits per heavy atom. The van der Waals surface area contributed by atoms with Gasteiger partial charge in [0.1, 0.15) is 23.0 Å². The molecule has 4 N–H and O–H groups in total. The Hall–Kier alpha value is -1.70. The molecule has 118 valence electrons. The van der Waals surface area contributed by atoms with Crippen LogP contribution in [0.4, 0.5) is 0 Å². The SMILES string of the molecule is CC(CSc1ccc(O)cc1O)OSc1ccc(O)cc1O. The molecule has 0 aliphatic heterocycles. The van der Waals surface area contributed by atoms with Crippen LogP contribution in [-0.2, 0) is 4.18 Å². The lowest BCUT2D eigenvalue weighted by Gasteiger charge is -2.12. The van der Waals surface area contributed by atoms with Crippen LogP contribution < -0.4 is 0 Å². The third-order valence-corrected chi connectivity index (χ3v) is 4.90. The molecule has 0 bridgehead atoms. The molecule has 7 heteroatoms. The van der Waals surface area contributed by atoms with E-state index in [2.05, 4.69) is 0 Å². The number of phenolic OH excluding ortho intramolecular Hbond substituents is 4. The van der Waals surface area contributed by atoms with E-state index in [1.165, 1.54) is 36.0 Å². The van der Waals surface area contributed by atoms with Gasteiger partial charge < -0.3 is 24.6 Å². The molecule has 0 spiro atoms. The molecule has 0 amide bonds. The smallest absolute Gasteiger partial charge is 0.135 e. The molecule has 0 heterocycles. The first kappa shape index (κ1) is 16.7. The molecule has 22 heavy (non-hydrogen) atoms. The normalized spacial score (nSPS) is 12.2. The predicted molar refractivity (Wildman–Crippen MR) is 86.7 cm³/mol. The van der Waals surface area contributed by atoms with E-state index in [0.29, 0.717) is 15.5 Å². The molecule has 0 aromatic heterocycles. The van der Waals surface area contributed by atoms with Crippen molar-refractivity contribution in [1.82, 2.24) is 0 Å². The van der Waals surface area contributed by atoms with Crippen LogP contribution in [-0.4, -0.2) is 32.3 Å². The summed E-state index contributed by atoms with van der Waals surface area (Å²) in [5.41, 5.74) is 0. The minimum atomic E-state index is -0.142. The molecular weight excluding hydrogens is 324 g/mol. The maximum absolute atomic E-state index is 9.69. The van der Waals surface area contributed by atoms with Gasteiger partial charge in [0.2, 0.25) is 0 Å². The lowest BCUT2D eigenvalue weighted by molar-refractivity contribution is 0.293. The van der Waals surface area contributed by atoms with Crippen LogP contribution in [0.1, 0.15) is 6.92 Å². The molecule has 2 rings (SSSR count). The van der Waals surface area contributed by atoms with Crippen molar-refractivity contribution < 1.29 is 24.6 Å². The van der Waals surface area contributed by atoms with E-state index in [1.807, 2.05) is 6.92 Å². The van der Waals surface area contributed by atoms with Gasteiger partial charge >= 0.3 is 0 Å². The summed E-state index contributed by atoms with van der Waals surface area (Å²) in [7, 11) is 0. The number of benzene rings is 2. The van der Waals surface area contributed by atoms with Crippen LogP contribution in [0.15, 0.2) is 46.2 Å². The summed E-state index contributed by atoms with van der Waals surface area (Å²) in [6, 6.07) is 8.73. The second kappa shape index (κ2) is 7.53. The van der Waals surface area contributed by atoms with Crippen molar-refractivity contribution in [2.45, 2.75) is 22.8 Å². The summed E-state index contributed by atoms with van der Waals surface area (Å²) < 4.78 is 5.56. The summed E-state index contributed by atoms with van der Waals surface area (Å²) in [4.78, 5) is 1.17. The molecule has 2 aromatic carbocycles. The van der Waals surface area contributed by atoms with Crippen molar-refractivity contribution in [3.8, 4) is 23.0 Å². The van der Waals surface area contributed by atoms with Gasteiger partial charge in [-0.15, -0.1) is 11.8 Å². The average Bonchev–Trinajstić information content (AvgIpc) is 2.45. The Balaban J connectivity index is 1.84. The topological polar surface area (TPSA) is 90.2 Å². The van der Waals surface area contributed by atoms with Crippen molar-refractivity contribution >= 4 is 23.8 Å². The monoisotopic (exact) mass is 340 g/mol. The molecule has 1 unspecified atom stereocenters. The Labute approximate surface area is 136 Å². The first-order valence-corrected chi connectivity index (χ1v) is 8.18. The zero-order valence-electron chi connectivity index (χ0n) is 11.8. The zero-order valence-corrected chi connectivity index (χ0v) is 13.4. The molecule has 0 saturated heterocycles. The van der Waals surface area contributed by atoms with Crippen molar-refractivity contribution in [2.75, 3.05) is 5.75 Å². The van der Waals surface area contributed by atoms with Gasteiger partial charge in [0.25, 0.3) is 0 Å². The van der Waals surface area contributed by atoms with Crippen molar-refractivity contribution in [3.63, 3.8) is 0 Å². The molecular formula is C15H16O5S2. The third kappa shape index (κ3) is 4.66. The van der Waals surface area contributed by atoms with Crippen LogP contribution in [0.5, 0.6) is 23.0 Å². The van der Waals surface area contributed by atoms with E-state index >= 15 is 0 Å². The van der Waals surface area contributed by atoms with E-state index in [4.69, 9.17) is 4.18 Å². The largest absolute Gasteiger partial charge is 0.508 e. The highest BCUT2D eigenvalue weighted by Crippen LogP contribution is 2.35. The maximum atomic E-state index is 9.69. The van der Waals surface area contributed by atoms with Crippen LogP contribution in [0.3, 0.4) is 0 Å². The minimum Gasteiger partial charge on any atom is -0.508 e. The van der Waals surface area contributed by atoms with Crippen LogP contribution >= 0.6 is 23.8 Å². The van der Waals surface area contributed by atoms with E-state index in [9.17, 15) is 20.4 Å². The fraction of sp³-hybridized carbons (Fsp3) is 0.200. The Morgan fingerprint density at radius 1 is 0.909 bits per heavy atom. The Morgan fingerprint density at radius 3 is 2.00 bits per heavy atom. The van der Waals surface area contributed by atoms with Crippen LogP contribution in [0.25, 0.3) is 0 Å². The van der Waals surface area contributed by atoms with Gasteiger partial charge in [-0.1, -0.05) is 0 Å². The molecule has 0 saturated carbocycles. The Bertz CT molecular complexity index is 592. The van der Waals surface area contributed by atoms with Gasteiger partial charge in [-0.3, -0.25) is 0 Å². The number of phenols is 4. The van der Waals surface area contributed by atoms with Crippen LogP contribution in [0.2, 0.25) is 0 Å². The van der Waals surface area contributed by atoms with Gasteiger partial charge in [-0.25, -0.2) is 0 Å². The number of rotatable bonds is 6. The minimum absolute atomic E-state index is 0.00624. The number of hydrogen-bond acceptors (Lipinski definition) is 7. The highest BCUT2D eigenvalue weighted by Gasteiger charge is 2.10. The third-order valence-electron chi connectivity index (χ3n) is 2.66. The number of aromatic hydroxyl groups is 4. The van der Waals surface area contributed by atoms with Crippen molar-refractivity contribution in [3.05, 3.63) is 36.4 Å². The molecule has 2 aromatic rings. The quantitative estimate of drug-likeness (QED) is 0.471. The fourth-order valence-electron chi connectivity index (χ4n) is 1.57. The van der Waals surface area contributed by atoms with E-state index < -0.39 is 0 Å². The summed E-state index contributed by atoms with van der Waals surface area (Å²) in [5.74, 6) is 0.587. The van der Waals surface area contributed by atoms with Gasteiger partial charge in [-0.2, -0.15) is 0 Å². The summed E-state index contributed by atoms with van der Waals surface area (Å²) in [6.07, 6.45) is -0.142. The second-order valence-corrected chi connectivity index (χ2v) is 6.47. The molecule has 0 fully saturated rings. The van der Waals surface area contributed by atoms with Crippen molar-refractivity contribution in [1.29, 1.82) is 0 Å². The van der Waals surface area contributed by atoms with Gasteiger partial charge in [-0.05, 0) is 31.2 Å². The maximum Gasteiger partial charge on any atom is 0.135 e. The standard InChI is InChI=1S/C15H16O5S2/c1-9(8-21-14-4-2-10(16)6-12(14)18)20-22-15-5-3-11(17)7-13(15)19/h2-7,9,16-19H,8H2,1H3. The summed E-state index contributed by atoms with van der Waals surface area (Å²) in [5, 5.41) is 37.8. The fourth-order valence-corrected chi connectivity index (χ4v) is 3.12. The van der Waals surface area contributed by atoms with Gasteiger partial charge in [0.15, 0.2) is 0 Å². The molecule has 0 aliphatic rings. The van der Waals surface area contributed by atoms with E-state index in [-0.39, 0.29) is 29.1 Å². The van der Waals surface area contributed by atoms with Crippen molar-refractivity contribution in [2.24, 2.45) is 0 Å². The lowest BCUT2D eigenvalue weighted by atomic mass is 10.3. The zero-order chi connectivity index (χ0) is 16.1. The summed E-state index contributed by atoms with van der Waals surface area (Å²) >= 11 is 2.43. The molecule has 1 atom stereocenters. The molecule has 0 radical (unpaired) electrons. The van der Waals surface area contributed by atoms with E-state index in [1.54, 1.807) is 12.1 Å². The first-order chi connectivity index (χ1) is 10.5. The highest BCUT2D eigenvalue weighted by molar-refractivity contribution is 7.99. The predicted octanol–water partition coefficient (Wildman–Crippen LogP) is 3.71. The van der Waals surface area contributed by atoms with Gasteiger partial charge in [0, 0.05) is 34.8 Å². The second-order valence-electron chi connectivity index (χ2n) is 4.61. The molecule has 5 nitrogen and oxygen atoms in total. The summed E-state index contributed by atoms with van der Waals surface area (Å²) in [6.45, 7) is 1.87.